The summed E-state index contributed by atoms with van der Waals surface area (Å²) in [7, 11) is 0. The van der Waals surface area contributed by atoms with E-state index >= 15 is 0 Å². The van der Waals surface area contributed by atoms with E-state index in [9.17, 15) is 14.7 Å². The molecule has 2 fully saturated rings. The summed E-state index contributed by atoms with van der Waals surface area (Å²) >= 11 is 6.08. The molecule has 7 nitrogen and oxygen atoms in total. The first kappa shape index (κ1) is 19.8. The molecule has 0 spiro atoms. The minimum Gasteiger partial charge on any atom is -0.491 e. The molecular weight excluding hydrogens is 372 g/mol. The normalized spacial score (nSPS) is 25.3. The van der Waals surface area contributed by atoms with Crippen molar-refractivity contribution in [3.05, 3.63) is 23.2 Å². The summed E-state index contributed by atoms with van der Waals surface area (Å²) in [5.41, 5.74) is 0.483. The number of anilines is 1. The number of nitrogens with zero attached hydrogens (tertiary/aromatic N) is 1. The first-order chi connectivity index (χ1) is 12.9. The Hall–Kier alpha value is -1.99. The Labute approximate surface area is 163 Å². The highest BCUT2D eigenvalue weighted by Crippen LogP contribution is 2.30. The van der Waals surface area contributed by atoms with Crippen LogP contribution in [0.5, 0.6) is 5.75 Å². The molecule has 0 aliphatic carbocycles. The first-order valence-corrected chi connectivity index (χ1v) is 9.59. The number of carbonyl (C=O) groups is 2. The van der Waals surface area contributed by atoms with Crippen molar-refractivity contribution >= 4 is 29.3 Å². The van der Waals surface area contributed by atoms with Crippen molar-refractivity contribution in [1.82, 2.24) is 4.90 Å². The maximum atomic E-state index is 12.7. The molecule has 0 bridgehead atoms. The number of piperidine rings is 1. The monoisotopic (exact) mass is 396 g/mol. The van der Waals surface area contributed by atoms with E-state index in [2.05, 4.69) is 5.32 Å². The van der Waals surface area contributed by atoms with Gasteiger partial charge < -0.3 is 24.8 Å². The summed E-state index contributed by atoms with van der Waals surface area (Å²) < 4.78 is 11.2. The van der Waals surface area contributed by atoms with E-state index in [0.717, 1.165) is 13.0 Å². The zero-order valence-electron chi connectivity index (χ0n) is 15.3. The van der Waals surface area contributed by atoms with Crippen LogP contribution in [0, 0.1) is 17.8 Å². The molecule has 2 amide bonds. The number of hydrogen-bond donors (Lipinski definition) is 2. The number of carbonyl (C=O) groups excluding carboxylic acids is 1. The molecule has 3 rings (SSSR count). The van der Waals surface area contributed by atoms with E-state index in [-0.39, 0.29) is 18.5 Å². The number of likely N-dealkylation sites (tertiary alicyclic amines) is 1. The molecule has 2 aliphatic rings. The summed E-state index contributed by atoms with van der Waals surface area (Å²) in [6, 6.07) is 4.74. The van der Waals surface area contributed by atoms with Gasteiger partial charge in [0.25, 0.3) is 0 Å². The van der Waals surface area contributed by atoms with Gasteiger partial charge in [0, 0.05) is 30.6 Å². The lowest BCUT2D eigenvalue weighted by atomic mass is 9.91. The van der Waals surface area contributed by atoms with Crippen LogP contribution in [0.3, 0.4) is 0 Å². The van der Waals surface area contributed by atoms with Crippen molar-refractivity contribution in [2.75, 3.05) is 38.2 Å². The SMILES string of the molecule is CC1CC(C(=O)O)CN(C(=O)Nc2cc(Cl)ccc2OCC2CCOC2)C1. The molecule has 2 aliphatic heterocycles. The molecule has 0 saturated carbocycles. The number of nitrogens with one attached hydrogen (secondary N) is 1. The summed E-state index contributed by atoms with van der Waals surface area (Å²) in [6.45, 7) is 4.60. The van der Waals surface area contributed by atoms with Crippen LogP contribution in [0.15, 0.2) is 18.2 Å². The van der Waals surface area contributed by atoms with Crippen molar-refractivity contribution < 1.29 is 24.2 Å². The number of carboxylic acid groups (broad SMARTS) is 1. The van der Waals surface area contributed by atoms with Crippen LogP contribution < -0.4 is 10.1 Å². The minimum absolute atomic E-state index is 0.128. The van der Waals surface area contributed by atoms with Crippen LogP contribution in [0.2, 0.25) is 5.02 Å². The van der Waals surface area contributed by atoms with Gasteiger partial charge in [-0.1, -0.05) is 18.5 Å². The lowest BCUT2D eigenvalue weighted by Gasteiger charge is -2.34. The number of hydrogen-bond acceptors (Lipinski definition) is 4. The molecule has 3 unspecified atom stereocenters. The smallest absolute Gasteiger partial charge is 0.321 e. The quantitative estimate of drug-likeness (QED) is 0.797. The maximum absolute atomic E-state index is 12.7. The van der Waals surface area contributed by atoms with Crippen molar-refractivity contribution in [3.63, 3.8) is 0 Å². The topological polar surface area (TPSA) is 88.1 Å². The Bertz CT molecular complexity index is 693. The Balaban J connectivity index is 1.67. The third-order valence-corrected chi connectivity index (χ3v) is 5.21. The van der Waals surface area contributed by atoms with Crippen LogP contribution in [0.1, 0.15) is 19.8 Å². The van der Waals surface area contributed by atoms with Gasteiger partial charge in [-0.3, -0.25) is 4.79 Å². The molecule has 1 aromatic carbocycles. The van der Waals surface area contributed by atoms with Crippen molar-refractivity contribution in [2.45, 2.75) is 19.8 Å². The second-order valence-electron chi connectivity index (χ2n) is 7.39. The highest BCUT2D eigenvalue weighted by atomic mass is 35.5. The van der Waals surface area contributed by atoms with E-state index in [1.54, 1.807) is 23.1 Å². The van der Waals surface area contributed by atoms with Crippen LogP contribution in [-0.2, 0) is 9.53 Å². The Morgan fingerprint density at radius 2 is 2.22 bits per heavy atom. The van der Waals surface area contributed by atoms with Crippen LogP contribution in [0.4, 0.5) is 10.5 Å². The standard InChI is InChI=1S/C19H25ClN2O5/c1-12-6-14(18(23)24)9-22(8-12)19(25)21-16-7-15(20)2-3-17(16)27-11-13-4-5-26-10-13/h2-3,7,12-14H,4-6,8-11H2,1H3,(H,21,25)(H,23,24). The first-order valence-electron chi connectivity index (χ1n) is 9.21. The van der Waals surface area contributed by atoms with Gasteiger partial charge >= 0.3 is 12.0 Å². The Morgan fingerprint density at radius 1 is 1.41 bits per heavy atom. The number of carboxylic acids is 1. The molecule has 2 saturated heterocycles. The van der Waals surface area contributed by atoms with Gasteiger partial charge in [-0.2, -0.15) is 0 Å². The third-order valence-electron chi connectivity index (χ3n) is 4.98. The van der Waals surface area contributed by atoms with E-state index < -0.39 is 11.9 Å². The molecule has 27 heavy (non-hydrogen) atoms. The largest absolute Gasteiger partial charge is 0.491 e. The average Bonchev–Trinajstić information content (AvgIpc) is 3.14. The van der Waals surface area contributed by atoms with Gasteiger partial charge in [-0.15, -0.1) is 0 Å². The zero-order valence-corrected chi connectivity index (χ0v) is 16.1. The zero-order chi connectivity index (χ0) is 19.4. The molecule has 2 N–H and O–H groups in total. The fourth-order valence-electron chi connectivity index (χ4n) is 3.54. The van der Waals surface area contributed by atoms with E-state index in [0.29, 0.717) is 48.6 Å². The Morgan fingerprint density at radius 3 is 2.93 bits per heavy atom. The van der Waals surface area contributed by atoms with Crippen LogP contribution in [0.25, 0.3) is 0 Å². The lowest BCUT2D eigenvalue weighted by molar-refractivity contribution is -0.143. The fourth-order valence-corrected chi connectivity index (χ4v) is 3.71. The number of ether oxygens (including phenoxy) is 2. The van der Waals surface area contributed by atoms with Gasteiger partial charge in [0.15, 0.2) is 0 Å². The fraction of sp³-hybridized carbons (Fsp3) is 0.579. The third kappa shape index (κ3) is 5.26. The van der Waals surface area contributed by atoms with Crippen LogP contribution >= 0.6 is 11.6 Å². The maximum Gasteiger partial charge on any atom is 0.321 e. The number of urea groups is 1. The number of amides is 2. The molecule has 148 valence electrons. The van der Waals surface area contributed by atoms with E-state index in [4.69, 9.17) is 21.1 Å². The average molecular weight is 397 g/mol. The summed E-state index contributed by atoms with van der Waals surface area (Å²) in [5.74, 6) is -0.409. The summed E-state index contributed by atoms with van der Waals surface area (Å²) in [6.07, 6.45) is 1.53. The second-order valence-corrected chi connectivity index (χ2v) is 7.83. The van der Waals surface area contributed by atoms with Crippen LogP contribution in [-0.4, -0.2) is 54.9 Å². The number of benzene rings is 1. The van der Waals surface area contributed by atoms with E-state index in [1.165, 1.54) is 0 Å². The predicted octanol–water partition coefficient (Wildman–Crippen LogP) is 3.33. The highest BCUT2D eigenvalue weighted by Gasteiger charge is 2.32. The summed E-state index contributed by atoms with van der Waals surface area (Å²) in [4.78, 5) is 25.6. The summed E-state index contributed by atoms with van der Waals surface area (Å²) in [5, 5.41) is 12.6. The van der Waals surface area contributed by atoms with Gasteiger partial charge in [-0.25, -0.2) is 4.79 Å². The highest BCUT2D eigenvalue weighted by molar-refractivity contribution is 6.31. The molecule has 8 heteroatoms. The number of aliphatic carboxylic acids is 1. The molecule has 0 radical (unpaired) electrons. The molecule has 3 atom stereocenters. The van der Waals surface area contributed by atoms with Gasteiger partial charge in [-0.05, 0) is 37.0 Å². The number of rotatable bonds is 5. The second kappa shape index (κ2) is 8.80. The van der Waals surface area contributed by atoms with Gasteiger partial charge in [0.1, 0.15) is 5.75 Å². The van der Waals surface area contributed by atoms with E-state index in [1.807, 2.05) is 6.92 Å². The minimum atomic E-state index is -0.870. The lowest BCUT2D eigenvalue weighted by Crippen LogP contribution is -2.47. The van der Waals surface area contributed by atoms with Crippen molar-refractivity contribution in [2.24, 2.45) is 17.8 Å². The van der Waals surface area contributed by atoms with Crippen molar-refractivity contribution in [3.8, 4) is 5.75 Å². The van der Waals surface area contributed by atoms with Gasteiger partial charge in [0.05, 0.1) is 24.8 Å². The molecular formula is C19H25ClN2O5. The molecule has 2 heterocycles. The van der Waals surface area contributed by atoms with Gasteiger partial charge in [0.2, 0.25) is 0 Å². The molecule has 1 aromatic rings. The van der Waals surface area contributed by atoms with Crippen molar-refractivity contribution in [1.29, 1.82) is 0 Å². The molecule has 0 aromatic heterocycles. The number of halogens is 1. The predicted molar refractivity (Wildman–Crippen MR) is 101 cm³/mol. The Kier molecular flexibility index (Phi) is 6.44.